The predicted octanol–water partition coefficient (Wildman–Crippen LogP) is 2.51. The van der Waals surface area contributed by atoms with Crippen LogP contribution in [0, 0.1) is 28.8 Å². The molecule has 2 aromatic rings. The molecule has 0 spiro atoms. The van der Waals surface area contributed by atoms with Crippen molar-refractivity contribution >= 4 is 6.03 Å². The molecule has 1 unspecified atom stereocenters. The van der Waals surface area contributed by atoms with Crippen LogP contribution in [0.25, 0.3) is 0 Å². The Morgan fingerprint density at radius 3 is 2.48 bits per heavy atom. The summed E-state index contributed by atoms with van der Waals surface area (Å²) >= 11 is 0. The van der Waals surface area contributed by atoms with Crippen molar-refractivity contribution in [3.8, 4) is 6.07 Å². The van der Waals surface area contributed by atoms with Gasteiger partial charge in [-0.15, -0.1) is 0 Å². The van der Waals surface area contributed by atoms with E-state index >= 15 is 0 Å². The van der Waals surface area contributed by atoms with Gasteiger partial charge in [-0.05, 0) is 35.4 Å². The summed E-state index contributed by atoms with van der Waals surface area (Å²) in [5, 5.41) is 23.0. The first kappa shape index (κ1) is 18.3. The highest BCUT2D eigenvalue weighted by molar-refractivity contribution is 5.74. The molecule has 2 amide bonds. The van der Waals surface area contributed by atoms with E-state index in [1.807, 2.05) is 6.07 Å². The minimum Gasteiger partial charge on any atom is -0.394 e. The molecule has 2 aromatic carbocycles. The van der Waals surface area contributed by atoms with Crippen LogP contribution >= 0.6 is 0 Å². The Hall–Kier alpha value is -3.05. The lowest BCUT2D eigenvalue weighted by atomic mass is 10.1. The number of nitrogens with zero attached hydrogens (tertiary/aromatic N) is 1. The molecule has 1 atom stereocenters. The lowest BCUT2D eigenvalue weighted by Gasteiger charge is -2.18. The average Bonchev–Trinajstić information content (AvgIpc) is 2.62. The summed E-state index contributed by atoms with van der Waals surface area (Å²) in [4.78, 5) is 11.9. The number of aliphatic hydroxyl groups excluding tert-OH is 1. The summed E-state index contributed by atoms with van der Waals surface area (Å²) in [5.74, 6) is -4.45. The Morgan fingerprint density at radius 2 is 1.88 bits per heavy atom. The van der Waals surface area contributed by atoms with Crippen LogP contribution in [0.3, 0.4) is 0 Å². The van der Waals surface area contributed by atoms with E-state index in [9.17, 15) is 23.1 Å². The predicted molar refractivity (Wildman–Crippen MR) is 82.7 cm³/mol. The molecule has 0 aromatic heterocycles. The molecular weight excluding hydrogens is 335 g/mol. The topological polar surface area (TPSA) is 85.2 Å². The monoisotopic (exact) mass is 349 g/mol. The van der Waals surface area contributed by atoms with E-state index in [0.29, 0.717) is 23.3 Å². The summed E-state index contributed by atoms with van der Waals surface area (Å²) in [6.07, 6.45) is 0. The second kappa shape index (κ2) is 8.17. The van der Waals surface area contributed by atoms with Gasteiger partial charge in [-0.1, -0.05) is 12.1 Å². The number of benzene rings is 2. The maximum Gasteiger partial charge on any atom is 0.315 e. The van der Waals surface area contributed by atoms with Gasteiger partial charge in [0.15, 0.2) is 17.5 Å². The van der Waals surface area contributed by atoms with Crippen molar-refractivity contribution in [1.82, 2.24) is 10.6 Å². The molecule has 2 rings (SSSR count). The van der Waals surface area contributed by atoms with Crippen LogP contribution in [0.15, 0.2) is 36.4 Å². The fourth-order valence-corrected chi connectivity index (χ4v) is 2.15. The average molecular weight is 349 g/mol. The molecular formula is C17H14F3N3O2. The van der Waals surface area contributed by atoms with Crippen LogP contribution in [0.1, 0.15) is 22.7 Å². The van der Waals surface area contributed by atoms with Crippen molar-refractivity contribution in [2.45, 2.75) is 12.6 Å². The molecule has 0 bridgehead atoms. The number of nitrogens with one attached hydrogen (secondary N) is 2. The zero-order valence-corrected chi connectivity index (χ0v) is 12.9. The molecule has 0 fully saturated rings. The third-order valence-electron chi connectivity index (χ3n) is 3.41. The molecule has 0 aliphatic heterocycles. The minimum absolute atomic E-state index is 0.103. The van der Waals surface area contributed by atoms with Gasteiger partial charge >= 0.3 is 6.03 Å². The first-order valence-electron chi connectivity index (χ1n) is 7.23. The van der Waals surface area contributed by atoms with E-state index < -0.39 is 36.1 Å². The number of aliphatic hydroxyl groups is 1. The Bertz CT molecular complexity index is 798. The van der Waals surface area contributed by atoms with Gasteiger partial charge in [0.1, 0.15) is 0 Å². The Balaban J connectivity index is 2.01. The summed E-state index contributed by atoms with van der Waals surface area (Å²) in [5.41, 5.74) is 0.999. The number of hydrogen-bond acceptors (Lipinski definition) is 3. The lowest BCUT2D eigenvalue weighted by molar-refractivity contribution is 0.216. The third-order valence-corrected chi connectivity index (χ3v) is 3.41. The molecule has 0 heterocycles. The molecule has 8 heteroatoms. The van der Waals surface area contributed by atoms with Crippen molar-refractivity contribution in [2.24, 2.45) is 0 Å². The number of rotatable bonds is 5. The van der Waals surface area contributed by atoms with Crippen LogP contribution < -0.4 is 10.6 Å². The molecule has 0 aliphatic rings. The van der Waals surface area contributed by atoms with E-state index in [1.54, 1.807) is 24.3 Å². The summed E-state index contributed by atoms with van der Waals surface area (Å²) in [6.45, 7) is -0.534. The zero-order valence-electron chi connectivity index (χ0n) is 12.9. The first-order valence-corrected chi connectivity index (χ1v) is 7.23. The number of amides is 2. The second-order valence-electron chi connectivity index (χ2n) is 5.17. The van der Waals surface area contributed by atoms with E-state index in [-0.39, 0.29) is 12.1 Å². The van der Waals surface area contributed by atoms with Gasteiger partial charge in [0, 0.05) is 6.54 Å². The fraction of sp³-hybridized carbons (Fsp3) is 0.176. The molecule has 5 nitrogen and oxygen atoms in total. The van der Waals surface area contributed by atoms with Crippen molar-refractivity contribution in [2.75, 3.05) is 6.61 Å². The largest absolute Gasteiger partial charge is 0.394 e. The van der Waals surface area contributed by atoms with Crippen molar-refractivity contribution in [3.05, 3.63) is 70.5 Å². The van der Waals surface area contributed by atoms with Crippen LogP contribution in [-0.4, -0.2) is 17.7 Å². The molecule has 0 saturated carbocycles. The number of hydrogen-bond donors (Lipinski definition) is 3. The summed E-state index contributed by atoms with van der Waals surface area (Å²) in [7, 11) is 0. The van der Waals surface area contributed by atoms with Gasteiger partial charge in [-0.2, -0.15) is 5.26 Å². The van der Waals surface area contributed by atoms with E-state index in [0.717, 1.165) is 0 Å². The maximum atomic E-state index is 13.3. The summed E-state index contributed by atoms with van der Waals surface area (Å²) < 4.78 is 39.5. The third kappa shape index (κ3) is 4.71. The number of carbonyl (C=O) groups excluding carboxylic acids is 1. The van der Waals surface area contributed by atoms with Gasteiger partial charge < -0.3 is 15.7 Å². The minimum atomic E-state index is -1.62. The van der Waals surface area contributed by atoms with Crippen molar-refractivity contribution in [1.29, 1.82) is 5.26 Å². The number of carbonyl (C=O) groups is 1. The standard InChI is InChI=1S/C17H14F3N3O2/c18-13-5-12(6-14(19)16(13)20)15(9-24)23-17(25)22-8-11-3-1-2-10(4-11)7-21/h1-6,15,24H,8-9H2,(H2,22,23,25). The maximum absolute atomic E-state index is 13.3. The van der Waals surface area contributed by atoms with Crippen LogP contribution in [0.2, 0.25) is 0 Å². The van der Waals surface area contributed by atoms with Crippen LogP contribution in [0.4, 0.5) is 18.0 Å². The SMILES string of the molecule is N#Cc1cccc(CNC(=O)NC(CO)c2cc(F)c(F)c(F)c2)c1. The van der Waals surface area contributed by atoms with Crippen molar-refractivity contribution < 1.29 is 23.1 Å². The lowest BCUT2D eigenvalue weighted by Crippen LogP contribution is -2.39. The van der Waals surface area contributed by atoms with Gasteiger partial charge in [0.2, 0.25) is 0 Å². The Labute approximate surface area is 141 Å². The van der Waals surface area contributed by atoms with Gasteiger partial charge in [-0.3, -0.25) is 0 Å². The molecule has 3 N–H and O–H groups in total. The van der Waals surface area contributed by atoms with Gasteiger partial charge in [0.25, 0.3) is 0 Å². The van der Waals surface area contributed by atoms with Gasteiger partial charge in [-0.25, -0.2) is 18.0 Å². The summed E-state index contributed by atoms with van der Waals surface area (Å²) in [6, 6.07) is 8.13. The van der Waals surface area contributed by atoms with E-state index in [4.69, 9.17) is 5.26 Å². The Morgan fingerprint density at radius 1 is 1.20 bits per heavy atom. The van der Waals surface area contributed by atoms with Crippen molar-refractivity contribution in [3.63, 3.8) is 0 Å². The molecule has 0 saturated heterocycles. The van der Waals surface area contributed by atoms with Gasteiger partial charge in [0.05, 0.1) is 24.3 Å². The quantitative estimate of drug-likeness (QED) is 0.725. The smallest absolute Gasteiger partial charge is 0.315 e. The normalized spacial score (nSPS) is 11.5. The molecule has 0 aliphatic carbocycles. The fourth-order valence-electron chi connectivity index (χ4n) is 2.15. The molecule has 25 heavy (non-hydrogen) atoms. The van der Waals surface area contributed by atoms with Crippen LogP contribution in [0.5, 0.6) is 0 Å². The molecule has 0 radical (unpaired) electrons. The number of halogens is 3. The van der Waals surface area contributed by atoms with Crippen LogP contribution in [-0.2, 0) is 6.54 Å². The molecule has 130 valence electrons. The first-order chi connectivity index (χ1) is 11.9. The highest BCUT2D eigenvalue weighted by Crippen LogP contribution is 2.19. The Kier molecular flexibility index (Phi) is 5.98. The zero-order chi connectivity index (χ0) is 18.4. The highest BCUT2D eigenvalue weighted by atomic mass is 19.2. The number of urea groups is 1. The van der Waals surface area contributed by atoms with E-state index in [2.05, 4.69) is 10.6 Å². The second-order valence-corrected chi connectivity index (χ2v) is 5.17. The van der Waals surface area contributed by atoms with E-state index in [1.165, 1.54) is 0 Å². The number of nitriles is 1. The highest BCUT2D eigenvalue weighted by Gasteiger charge is 2.18.